The van der Waals surface area contributed by atoms with E-state index in [2.05, 4.69) is 5.32 Å². The summed E-state index contributed by atoms with van der Waals surface area (Å²) in [4.78, 5) is 13.2. The van der Waals surface area contributed by atoms with Crippen molar-refractivity contribution < 1.29 is 4.79 Å². The number of halogens is 1. The third-order valence-electron chi connectivity index (χ3n) is 3.90. The van der Waals surface area contributed by atoms with Gasteiger partial charge in [0.15, 0.2) is 0 Å². The summed E-state index contributed by atoms with van der Waals surface area (Å²) in [5.74, 6) is 1.05. The lowest BCUT2D eigenvalue weighted by atomic mass is 9.85. The molecule has 0 spiro atoms. The zero-order valence-electron chi connectivity index (χ0n) is 10.1. The lowest BCUT2D eigenvalue weighted by Gasteiger charge is -2.37. The van der Waals surface area contributed by atoms with Crippen molar-refractivity contribution in [2.75, 3.05) is 19.6 Å². The molecule has 0 saturated carbocycles. The smallest absolute Gasteiger partial charge is 0.219 e. The summed E-state index contributed by atoms with van der Waals surface area (Å²) in [6.07, 6.45) is 6.44. The Morgan fingerprint density at radius 1 is 1.19 bits per heavy atom. The first-order valence-electron chi connectivity index (χ1n) is 6.26. The van der Waals surface area contributed by atoms with Crippen molar-refractivity contribution in [1.29, 1.82) is 0 Å². The first kappa shape index (κ1) is 13.8. The Morgan fingerprint density at radius 3 is 2.38 bits per heavy atom. The molecule has 1 atom stereocenters. The number of likely N-dealkylation sites (tertiary alicyclic amines) is 1. The molecule has 0 aliphatic carbocycles. The van der Waals surface area contributed by atoms with Crippen LogP contribution >= 0.6 is 12.4 Å². The fraction of sp³-hybridized carbons (Fsp3) is 0.917. The molecule has 0 radical (unpaired) electrons. The van der Waals surface area contributed by atoms with Crippen LogP contribution in [0.5, 0.6) is 0 Å². The third kappa shape index (κ3) is 3.36. The van der Waals surface area contributed by atoms with E-state index < -0.39 is 0 Å². The summed E-state index contributed by atoms with van der Waals surface area (Å²) in [5.41, 5.74) is 0. The molecule has 2 heterocycles. The molecular weight excluding hydrogens is 224 g/mol. The monoisotopic (exact) mass is 246 g/mol. The number of carbonyl (C=O) groups is 1. The molecule has 3 nitrogen and oxygen atoms in total. The average molecular weight is 247 g/mol. The zero-order chi connectivity index (χ0) is 10.7. The van der Waals surface area contributed by atoms with Crippen LogP contribution < -0.4 is 5.32 Å². The van der Waals surface area contributed by atoms with E-state index in [9.17, 15) is 4.79 Å². The summed E-state index contributed by atoms with van der Waals surface area (Å²) in [7, 11) is 0. The molecule has 0 aromatic rings. The van der Waals surface area contributed by atoms with Gasteiger partial charge in [-0.3, -0.25) is 4.79 Å². The van der Waals surface area contributed by atoms with Gasteiger partial charge >= 0.3 is 0 Å². The van der Waals surface area contributed by atoms with Gasteiger partial charge in [-0.25, -0.2) is 0 Å². The van der Waals surface area contributed by atoms with Crippen LogP contribution in [0.4, 0.5) is 0 Å². The second-order valence-electron chi connectivity index (χ2n) is 4.90. The first-order chi connectivity index (χ1) is 7.27. The fourth-order valence-corrected chi connectivity index (χ4v) is 2.90. The molecule has 16 heavy (non-hydrogen) atoms. The molecule has 2 rings (SSSR count). The van der Waals surface area contributed by atoms with E-state index in [1.165, 1.54) is 38.6 Å². The van der Waals surface area contributed by atoms with Crippen LogP contribution in [0.2, 0.25) is 0 Å². The molecule has 94 valence electrons. The third-order valence-corrected chi connectivity index (χ3v) is 3.90. The number of nitrogens with zero attached hydrogens (tertiary/aromatic N) is 1. The molecule has 1 N–H and O–H groups in total. The Labute approximate surface area is 104 Å². The Morgan fingerprint density at radius 2 is 1.88 bits per heavy atom. The van der Waals surface area contributed by atoms with E-state index >= 15 is 0 Å². The largest absolute Gasteiger partial charge is 0.343 e. The van der Waals surface area contributed by atoms with Gasteiger partial charge in [-0.05, 0) is 38.1 Å². The van der Waals surface area contributed by atoms with Gasteiger partial charge in [0.2, 0.25) is 5.91 Å². The van der Waals surface area contributed by atoms with Crippen molar-refractivity contribution >= 4 is 18.3 Å². The van der Waals surface area contributed by atoms with Gasteiger partial charge in [-0.2, -0.15) is 0 Å². The Kier molecular flexibility index (Phi) is 5.56. The second kappa shape index (κ2) is 6.45. The highest BCUT2D eigenvalue weighted by Gasteiger charge is 2.27. The van der Waals surface area contributed by atoms with Crippen LogP contribution in [-0.2, 0) is 4.79 Å². The zero-order valence-corrected chi connectivity index (χ0v) is 10.9. The van der Waals surface area contributed by atoms with Gasteiger partial charge in [0.1, 0.15) is 0 Å². The maximum absolute atomic E-state index is 11.2. The summed E-state index contributed by atoms with van der Waals surface area (Å²) in [6, 6.07) is 0.729. The van der Waals surface area contributed by atoms with Crippen molar-refractivity contribution in [3.63, 3.8) is 0 Å². The van der Waals surface area contributed by atoms with Crippen LogP contribution in [0, 0.1) is 5.92 Å². The number of amides is 1. The predicted octanol–water partition coefficient (Wildman–Crippen LogP) is 1.81. The summed E-state index contributed by atoms with van der Waals surface area (Å²) < 4.78 is 0. The van der Waals surface area contributed by atoms with Gasteiger partial charge in [0, 0.05) is 26.1 Å². The minimum Gasteiger partial charge on any atom is -0.343 e. The average Bonchev–Trinajstić information content (AvgIpc) is 2.30. The predicted molar refractivity (Wildman–Crippen MR) is 67.9 cm³/mol. The lowest BCUT2D eigenvalue weighted by Crippen LogP contribution is -2.46. The van der Waals surface area contributed by atoms with E-state index in [0.29, 0.717) is 0 Å². The SMILES string of the molecule is CC(=O)N1CCC(C2CCCCN2)CC1.Cl. The van der Waals surface area contributed by atoms with Crippen molar-refractivity contribution in [1.82, 2.24) is 10.2 Å². The number of rotatable bonds is 1. The molecule has 4 heteroatoms. The number of carbonyl (C=O) groups excluding carboxylic acids is 1. The minimum absolute atomic E-state index is 0. The van der Waals surface area contributed by atoms with Gasteiger partial charge in [-0.15, -0.1) is 12.4 Å². The van der Waals surface area contributed by atoms with Gasteiger partial charge in [-0.1, -0.05) is 6.42 Å². The standard InChI is InChI=1S/C12H22N2O.ClH/c1-10(15)14-8-5-11(6-9-14)12-4-2-3-7-13-12;/h11-13H,2-9H2,1H3;1H. The molecule has 2 aliphatic rings. The molecule has 0 aromatic heterocycles. The minimum atomic E-state index is 0. The normalized spacial score (nSPS) is 27.3. The topological polar surface area (TPSA) is 32.3 Å². The highest BCUT2D eigenvalue weighted by atomic mass is 35.5. The molecule has 0 aromatic carbocycles. The Hall–Kier alpha value is -0.280. The van der Waals surface area contributed by atoms with Crippen molar-refractivity contribution in [2.45, 2.75) is 45.1 Å². The molecule has 2 fully saturated rings. The number of hydrogen-bond acceptors (Lipinski definition) is 2. The van der Waals surface area contributed by atoms with Crippen LogP contribution in [0.3, 0.4) is 0 Å². The molecule has 2 saturated heterocycles. The number of hydrogen-bond donors (Lipinski definition) is 1. The lowest BCUT2D eigenvalue weighted by molar-refractivity contribution is -0.130. The van der Waals surface area contributed by atoms with Crippen molar-refractivity contribution in [3.05, 3.63) is 0 Å². The van der Waals surface area contributed by atoms with Crippen molar-refractivity contribution in [2.24, 2.45) is 5.92 Å². The molecule has 1 unspecified atom stereocenters. The van der Waals surface area contributed by atoms with E-state index in [1.54, 1.807) is 6.92 Å². The van der Waals surface area contributed by atoms with Gasteiger partial charge in [0.25, 0.3) is 0 Å². The molecular formula is C12H23ClN2O. The molecule has 0 bridgehead atoms. The molecule has 1 amide bonds. The van der Waals surface area contributed by atoms with Crippen molar-refractivity contribution in [3.8, 4) is 0 Å². The number of piperidine rings is 2. The van der Waals surface area contributed by atoms with Gasteiger partial charge < -0.3 is 10.2 Å². The summed E-state index contributed by atoms with van der Waals surface area (Å²) >= 11 is 0. The highest BCUT2D eigenvalue weighted by Crippen LogP contribution is 2.25. The molecule has 2 aliphatic heterocycles. The maximum Gasteiger partial charge on any atom is 0.219 e. The van der Waals surface area contributed by atoms with E-state index in [0.717, 1.165) is 25.0 Å². The first-order valence-corrected chi connectivity index (χ1v) is 6.26. The number of nitrogens with one attached hydrogen (secondary N) is 1. The van der Waals surface area contributed by atoms with Gasteiger partial charge in [0.05, 0.1) is 0 Å². The van der Waals surface area contributed by atoms with E-state index in [1.807, 2.05) is 4.90 Å². The van der Waals surface area contributed by atoms with E-state index in [4.69, 9.17) is 0 Å². The fourth-order valence-electron chi connectivity index (χ4n) is 2.90. The maximum atomic E-state index is 11.2. The highest BCUT2D eigenvalue weighted by molar-refractivity contribution is 5.85. The van der Waals surface area contributed by atoms with Crippen LogP contribution in [0.25, 0.3) is 0 Å². The summed E-state index contributed by atoms with van der Waals surface area (Å²) in [5, 5.41) is 3.63. The second-order valence-corrected chi connectivity index (χ2v) is 4.90. The Bertz CT molecular complexity index is 221. The van der Waals surface area contributed by atoms with E-state index in [-0.39, 0.29) is 18.3 Å². The summed E-state index contributed by atoms with van der Waals surface area (Å²) in [6.45, 7) is 4.81. The van der Waals surface area contributed by atoms with Crippen LogP contribution in [-0.4, -0.2) is 36.5 Å². The Balaban J connectivity index is 0.00000128. The van der Waals surface area contributed by atoms with Crippen LogP contribution in [0.15, 0.2) is 0 Å². The quantitative estimate of drug-likeness (QED) is 0.766. The van der Waals surface area contributed by atoms with Crippen LogP contribution in [0.1, 0.15) is 39.0 Å².